The van der Waals surface area contributed by atoms with Gasteiger partial charge in [-0.25, -0.2) is 4.79 Å². The van der Waals surface area contributed by atoms with E-state index in [4.69, 9.17) is 4.84 Å². The van der Waals surface area contributed by atoms with Gasteiger partial charge >= 0.3 is 5.97 Å². The van der Waals surface area contributed by atoms with E-state index in [0.29, 0.717) is 16.7 Å². The van der Waals surface area contributed by atoms with Crippen LogP contribution in [0.25, 0.3) is 11.0 Å². The van der Waals surface area contributed by atoms with Gasteiger partial charge in [0.05, 0.1) is 0 Å². The fraction of sp³-hybridized carbons (Fsp3) is 0.154. The van der Waals surface area contributed by atoms with Crippen molar-refractivity contribution in [3.8, 4) is 0 Å². The lowest BCUT2D eigenvalue weighted by Gasteiger charge is -2.03. The van der Waals surface area contributed by atoms with Crippen molar-refractivity contribution in [2.75, 3.05) is 0 Å². The van der Waals surface area contributed by atoms with Crippen molar-refractivity contribution in [3.63, 3.8) is 0 Å². The zero-order chi connectivity index (χ0) is 13.4. The van der Waals surface area contributed by atoms with Gasteiger partial charge in [0.2, 0.25) is 0 Å². The Morgan fingerprint density at radius 2 is 2.11 bits per heavy atom. The highest BCUT2D eigenvalue weighted by atomic mass is 16.7. The van der Waals surface area contributed by atoms with Crippen molar-refractivity contribution < 1.29 is 9.63 Å². The van der Waals surface area contributed by atoms with Crippen molar-refractivity contribution >= 4 is 17.0 Å². The number of carbonyl (C=O) groups is 1. The molecule has 0 fully saturated rings. The Hall–Kier alpha value is -2.63. The highest BCUT2D eigenvalue weighted by Gasteiger charge is 2.15. The summed E-state index contributed by atoms with van der Waals surface area (Å²) in [5, 5.41) is 7.73. The van der Waals surface area contributed by atoms with E-state index in [1.54, 1.807) is 29.8 Å². The Morgan fingerprint density at radius 3 is 2.84 bits per heavy atom. The molecule has 6 nitrogen and oxygen atoms in total. The first-order valence-corrected chi connectivity index (χ1v) is 5.81. The van der Waals surface area contributed by atoms with Crippen LogP contribution in [-0.4, -0.2) is 25.7 Å². The SMILES string of the molecule is Cc1cc(C(=O)On2nnc3ccccc32)n(C)c1. The molecular formula is C13H12N4O2. The van der Waals surface area contributed by atoms with Gasteiger partial charge in [0.15, 0.2) is 0 Å². The van der Waals surface area contributed by atoms with E-state index in [1.165, 1.54) is 0 Å². The molecule has 0 N–H and O–H groups in total. The third-order valence-electron chi connectivity index (χ3n) is 2.84. The van der Waals surface area contributed by atoms with Gasteiger partial charge in [-0.3, -0.25) is 0 Å². The Labute approximate surface area is 109 Å². The standard InChI is InChI=1S/C13H12N4O2/c1-9-7-12(16(2)8-9)13(18)19-17-11-6-4-3-5-10(11)14-15-17/h3-8H,1-2H3. The minimum Gasteiger partial charge on any atom is -0.345 e. The molecule has 0 bridgehead atoms. The molecule has 6 heteroatoms. The average Bonchev–Trinajstić information content (AvgIpc) is 2.94. The molecule has 0 unspecified atom stereocenters. The Morgan fingerprint density at radius 1 is 1.32 bits per heavy atom. The lowest BCUT2D eigenvalue weighted by molar-refractivity contribution is 0.0398. The lowest BCUT2D eigenvalue weighted by atomic mass is 10.3. The summed E-state index contributed by atoms with van der Waals surface area (Å²) >= 11 is 0. The van der Waals surface area contributed by atoms with Gasteiger partial charge < -0.3 is 9.40 Å². The van der Waals surface area contributed by atoms with Crippen LogP contribution in [0.2, 0.25) is 0 Å². The van der Waals surface area contributed by atoms with Gasteiger partial charge in [0.1, 0.15) is 16.7 Å². The molecule has 96 valence electrons. The van der Waals surface area contributed by atoms with Crippen LogP contribution in [0, 0.1) is 6.92 Å². The summed E-state index contributed by atoms with van der Waals surface area (Å²) in [5.74, 6) is -0.466. The zero-order valence-electron chi connectivity index (χ0n) is 10.6. The normalized spacial score (nSPS) is 10.8. The average molecular weight is 256 g/mol. The molecule has 2 heterocycles. The summed E-state index contributed by atoms with van der Waals surface area (Å²) in [6.07, 6.45) is 1.86. The molecule has 0 aliphatic rings. The number of fused-ring (bicyclic) bond motifs is 1. The Bertz CT molecular complexity index is 757. The number of carbonyl (C=O) groups excluding carboxylic acids is 1. The second-order valence-corrected chi connectivity index (χ2v) is 4.34. The predicted molar refractivity (Wildman–Crippen MR) is 68.6 cm³/mol. The molecule has 0 radical (unpaired) electrons. The zero-order valence-corrected chi connectivity index (χ0v) is 10.6. The molecule has 1 aromatic carbocycles. The van der Waals surface area contributed by atoms with Crippen LogP contribution in [0.5, 0.6) is 0 Å². The maximum atomic E-state index is 12.1. The number of rotatable bonds is 2. The van der Waals surface area contributed by atoms with Crippen LogP contribution in [-0.2, 0) is 7.05 Å². The smallest absolute Gasteiger partial charge is 0.345 e. The van der Waals surface area contributed by atoms with Crippen LogP contribution >= 0.6 is 0 Å². The minimum absolute atomic E-state index is 0.466. The molecule has 0 saturated heterocycles. The molecule has 0 spiro atoms. The first-order chi connectivity index (χ1) is 9.15. The van der Waals surface area contributed by atoms with E-state index in [1.807, 2.05) is 25.3 Å². The summed E-state index contributed by atoms with van der Waals surface area (Å²) in [6.45, 7) is 1.92. The second-order valence-electron chi connectivity index (χ2n) is 4.34. The molecule has 0 amide bonds. The Balaban J connectivity index is 1.93. The maximum absolute atomic E-state index is 12.1. The molecule has 0 aliphatic carbocycles. The first-order valence-electron chi connectivity index (χ1n) is 5.81. The van der Waals surface area contributed by atoms with E-state index in [-0.39, 0.29) is 0 Å². The number of para-hydroxylation sites is 1. The van der Waals surface area contributed by atoms with Crippen molar-refractivity contribution in [2.45, 2.75) is 6.92 Å². The van der Waals surface area contributed by atoms with E-state index in [0.717, 1.165) is 10.4 Å². The molecule has 0 atom stereocenters. The molecule has 3 aromatic rings. The monoisotopic (exact) mass is 256 g/mol. The summed E-state index contributed by atoms with van der Waals surface area (Å²) in [6, 6.07) is 9.05. The van der Waals surface area contributed by atoms with Crippen LogP contribution in [0.15, 0.2) is 36.5 Å². The second kappa shape index (κ2) is 4.24. The van der Waals surface area contributed by atoms with Gasteiger partial charge in [0, 0.05) is 13.2 Å². The van der Waals surface area contributed by atoms with Gasteiger partial charge in [-0.05, 0) is 35.9 Å². The van der Waals surface area contributed by atoms with Gasteiger partial charge in [-0.15, -0.1) is 5.10 Å². The number of nitrogens with zero attached hydrogens (tertiary/aromatic N) is 4. The van der Waals surface area contributed by atoms with Gasteiger partial charge in [-0.1, -0.05) is 17.0 Å². The lowest BCUT2D eigenvalue weighted by Crippen LogP contribution is -2.22. The van der Waals surface area contributed by atoms with Gasteiger partial charge in [-0.2, -0.15) is 0 Å². The highest BCUT2D eigenvalue weighted by Crippen LogP contribution is 2.10. The highest BCUT2D eigenvalue weighted by molar-refractivity contribution is 5.88. The van der Waals surface area contributed by atoms with Crippen LogP contribution < -0.4 is 4.84 Å². The molecular weight excluding hydrogens is 244 g/mol. The summed E-state index contributed by atoms with van der Waals surface area (Å²) in [5.41, 5.74) is 2.80. The van der Waals surface area contributed by atoms with Crippen molar-refractivity contribution in [1.29, 1.82) is 0 Å². The number of aryl methyl sites for hydroxylation is 2. The van der Waals surface area contributed by atoms with Crippen LogP contribution in [0.4, 0.5) is 0 Å². The van der Waals surface area contributed by atoms with Crippen molar-refractivity contribution in [1.82, 2.24) is 19.7 Å². The van der Waals surface area contributed by atoms with E-state index >= 15 is 0 Å². The topological polar surface area (TPSA) is 61.9 Å². The predicted octanol–water partition coefficient (Wildman–Crippen LogP) is 1.35. The largest absolute Gasteiger partial charge is 0.381 e. The molecule has 0 saturated carbocycles. The van der Waals surface area contributed by atoms with E-state index in [2.05, 4.69) is 10.3 Å². The first kappa shape index (κ1) is 11.5. The molecule has 19 heavy (non-hydrogen) atoms. The quantitative estimate of drug-likeness (QED) is 0.649. The van der Waals surface area contributed by atoms with Crippen molar-refractivity contribution in [3.05, 3.63) is 47.8 Å². The number of aromatic nitrogens is 4. The molecule has 3 rings (SSSR count). The molecule has 0 aliphatic heterocycles. The van der Waals surface area contributed by atoms with E-state index in [9.17, 15) is 4.79 Å². The minimum atomic E-state index is -0.466. The summed E-state index contributed by atoms with van der Waals surface area (Å²) in [7, 11) is 1.79. The fourth-order valence-corrected chi connectivity index (χ4v) is 1.97. The Kier molecular flexibility index (Phi) is 2.56. The van der Waals surface area contributed by atoms with Crippen molar-refractivity contribution in [2.24, 2.45) is 7.05 Å². The van der Waals surface area contributed by atoms with E-state index < -0.39 is 5.97 Å². The number of benzene rings is 1. The molecule has 2 aromatic heterocycles. The number of hydrogen-bond donors (Lipinski definition) is 0. The summed E-state index contributed by atoms with van der Waals surface area (Å²) < 4.78 is 1.72. The third-order valence-corrected chi connectivity index (χ3v) is 2.84. The maximum Gasteiger partial charge on any atom is 0.381 e. The van der Waals surface area contributed by atoms with Gasteiger partial charge in [0.25, 0.3) is 0 Å². The number of hydrogen-bond acceptors (Lipinski definition) is 4. The fourth-order valence-electron chi connectivity index (χ4n) is 1.97. The van der Waals surface area contributed by atoms with Crippen LogP contribution in [0.1, 0.15) is 16.1 Å². The third kappa shape index (κ3) is 1.97. The van der Waals surface area contributed by atoms with Crippen LogP contribution in [0.3, 0.4) is 0 Å². The summed E-state index contributed by atoms with van der Waals surface area (Å²) in [4.78, 5) is 18.4.